The van der Waals surface area contributed by atoms with E-state index < -0.39 is 6.09 Å². The maximum atomic E-state index is 10.6. The number of nitrogens with two attached hydrogens (primary N) is 1. The van der Waals surface area contributed by atoms with E-state index >= 15 is 0 Å². The van der Waals surface area contributed by atoms with Gasteiger partial charge in [-0.05, 0) is 6.92 Å². The molecule has 12 heavy (non-hydrogen) atoms. The summed E-state index contributed by atoms with van der Waals surface area (Å²) in [6.07, 6.45) is -1.10. The first kappa shape index (κ1) is 9.28. The van der Waals surface area contributed by atoms with Crippen molar-refractivity contribution in [2.75, 3.05) is 19.6 Å². The van der Waals surface area contributed by atoms with Gasteiger partial charge in [0.05, 0.1) is 25.3 Å². The monoisotopic (exact) mass is 174 g/mol. The van der Waals surface area contributed by atoms with Crippen LogP contribution in [0.15, 0.2) is 0 Å². The second kappa shape index (κ2) is 3.73. The minimum atomic E-state index is -0.899. The molecule has 5 heteroatoms. The quantitative estimate of drug-likeness (QED) is 0.573. The zero-order valence-corrected chi connectivity index (χ0v) is 7.06. The van der Waals surface area contributed by atoms with Crippen molar-refractivity contribution >= 4 is 6.09 Å². The molecule has 0 aliphatic carbocycles. The van der Waals surface area contributed by atoms with E-state index in [1.165, 1.54) is 4.90 Å². The van der Waals surface area contributed by atoms with Crippen LogP contribution in [0.25, 0.3) is 0 Å². The molecule has 0 spiro atoms. The van der Waals surface area contributed by atoms with E-state index in [9.17, 15) is 4.79 Å². The summed E-state index contributed by atoms with van der Waals surface area (Å²) in [7, 11) is 0. The Morgan fingerprint density at radius 1 is 1.75 bits per heavy atom. The summed E-state index contributed by atoms with van der Waals surface area (Å²) in [4.78, 5) is 11.9. The van der Waals surface area contributed by atoms with Crippen LogP contribution in [0.2, 0.25) is 0 Å². The second-order valence-corrected chi connectivity index (χ2v) is 2.99. The molecular formula is C7H14N2O3. The molecule has 1 rings (SSSR count). The van der Waals surface area contributed by atoms with E-state index in [1.807, 2.05) is 6.92 Å². The summed E-state index contributed by atoms with van der Waals surface area (Å²) in [6, 6.07) is 0. The Labute approximate surface area is 71.1 Å². The Morgan fingerprint density at radius 3 is 2.92 bits per heavy atom. The van der Waals surface area contributed by atoms with E-state index in [0.717, 1.165) is 0 Å². The maximum absolute atomic E-state index is 10.6. The summed E-state index contributed by atoms with van der Waals surface area (Å²) in [5.41, 5.74) is 5.38. The van der Waals surface area contributed by atoms with Crippen LogP contribution in [0.5, 0.6) is 0 Å². The molecule has 0 bridgehead atoms. The molecule has 0 aromatic carbocycles. The van der Waals surface area contributed by atoms with Crippen LogP contribution in [0.1, 0.15) is 6.92 Å². The highest BCUT2D eigenvalue weighted by atomic mass is 16.5. The van der Waals surface area contributed by atoms with Gasteiger partial charge in [-0.3, -0.25) is 0 Å². The molecule has 1 saturated heterocycles. The lowest BCUT2D eigenvalue weighted by molar-refractivity contribution is -0.0643. The van der Waals surface area contributed by atoms with Gasteiger partial charge < -0.3 is 20.5 Å². The molecule has 1 aliphatic rings. The summed E-state index contributed by atoms with van der Waals surface area (Å²) in [5, 5.41) is 8.70. The minimum absolute atomic E-state index is 0.0524. The maximum Gasteiger partial charge on any atom is 0.407 e. The molecule has 1 amide bonds. The van der Waals surface area contributed by atoms with Gasteiger partial charge in [0.2, 0.25) is 0 Å². The summed E-state index contributed by atoms with van der Waals surface area (Å²) >= 11 is 0. The number of morpholine rings is 1. The standard InChI is InChI=1S/C7H14N2O3/c1-5-3-9(7(10)11)4-6(2-8)12-5/h5-6H,2-4,8H2,1H3,(H,10,11)/t5-,6+/m0/s1. The Morgan fingerprint density at radius 2 is 2.42 bits per heavy atom. The highest BCUT2D eigenvalue weighted by Crippen LogP contribution is 2.09. The third-order valence-electron chi connectivity index (χ3n) is 1.86. The Hall–Kier alpha value is -0.810. The molecular weight excluding hydrogens is 160 g/mol. The lowest BCUT2D eigenvalue weighted by Gasteiger charge is -2.34. The van der Waals surface area contributed by atoms with E-state index in [0.29, 0.717) is 19.6 Å². The van der Waals surface area contributed by atoms with Gasteiger partial charge in [-0.25, -0.2) is 4.79 Å². The van der Waals surface area contributed by atoms with Gasteiger partial charge in [-0.1, -0.05) is 0 Å². The summed E-state index contributed by atoms with van der Waals surface area (Å²) in [6.45, 7) is 3.04. The third-order valence-corrected chi connectivity index (χ3v) is 1.86. The van der Waals surface area contributed by atoms with Crippen LogP contribution in [0.4, 0.5) is 4.79 Å². The predicted octanol–water partition coefficient (Wildman–Crippen LogP) is -0.288. The minimum Gasteiger partial charge on any atom is -0.465 e. The van der Waals surface area contributed by atoms with Crippen molar-refractivity contribution in [2.45, 2.75) is 19.1 Å². The molecule has 1 fully saturated rings. The van der Waals surface area contributed by atoms with Crippen LogP contribution >= 0.6 is 0 Å². The predicted molar refractivity (Wildman–Crippen MR) is 43.0 cm³/mol. The average molecular weight is 174 g/mol. The van der Waals surface area contributed by atoms with Gasteiger partial charge in [-0.15, -0.1) is 0 Å². The van der Waals surface area contributed by atoms with Crippen LogP contribution in [-0.4, -0.2) is 47.9 Å². The third kappa shape index (κ3) is 2.09. The number of carboxylic acid groups (broad SMARTS) is 1. The summed E-state index contributed by atoms with van der Waals surface area (Å²) in [5.74, 6) is 0. The molecule has 0 saturated carbocycles. The normalized spacial score (nSPS) is 30.3. The molecule has 0 aromatic heterocycles. The number of carbonyl (C=O) groups is 1. The van der Waals surface area contributed by atoms with Gasteiger partial charge in [0.15, 0.2) is 0 Å². The molecule has 0 aromatic rings. The Balaban J connectivity index is 2.51. The molecule has 0 radical (unpaired) electrons. The topological polar surface area (TPSA) is 75.8 Å². The number of hydrogen-bond donors (Lipinski definition) is 2. The Bertz CT molecular complexity index is 174. The van der Waals surface area contributed by atoms with Crippen molar-refractivity contribution < 1.29 is 14.6 Å². The van der Waals surface area contributed by atoms with Crippen molar-refractivity contribution in [3.05, 3.63) is 0 Å². The molecule has 1 aliphatic heterocycles. The fraction of sp³-hybridized carbons (Fsp3) is 0.857. The van der Waals surface area contributed by atoms with Gasteiger partial charge >= 0.3 is 6.09 Å². The first-order chi connectivity index (χ1) is 5.63. The van der Waals surface area contributed by atoms with Gasteiger partial charge in [-0.2, -0.15) is 0 Å². The zero-order valence-electron chi connectivity index (χ0n) is 7.06. The van der Waals surface area contributed by atoms with Gasteiger partial charge in [0, 0.05) is 6.54 Å². The molecule has 3 N–H and O–H groups in total. The SMILES string of the molecule is C[C@H]1CN(C(=O)O)C[C@@H](CN)O1. The molecule has 70 valence electrons. The Kier molecular flexibility index (Phi) is 2.88. The lowest BCUT2D eigenvalue weighted by atomic mass is 10.2. The smallest absolute Gasteiger partial charge is 0.407 e. The number of nitrogens with zero attached hydrogens (tertiary/aromatic N) is 1. The fourth-order valence-electron chi connectivity index (χ4n) is 1.33. The first-order valence-corrected chi connectivity index (χ1v) is 3.97. The first-order valence-electron chi connectivity index (χ1n) is 3.97. The van der Waals surface area contributed by atoms with E-state index in [2.05, 4.69) is 0 Å². The van der Waals surface area contributed by atoms with Crippen LogP contribution in [0, 0.1) is 0 Å². The average Bonchev–Trinajstić information content (AvgIpc) is 2.03. The van der Waals surface area contributed by atoms with E-state index in [-0.39, 0.29) is 12.2 Å². The number of rotatable bonds is 1. The van der Waals surface area contributed by atoms with Gasteiger partial charge in [0.1, 0.15) is 0 Å². The molecule has 0 unspecified atom stereocenters. The van der Waals surface area contributed by atoms with Crippen molar-refractivity contribution in [2.24, 2.45) is 5.73 Å². The number of ether oxygens (including phenoxy) is 1. The van der Waals surface area contributed by atoms with Crippen LogP contribution in [-0.2, 0) is 4.74 Å². The van der Waals surface area contributed by atoms with E-state index in [1.54, 1.807) is 0 Å². The zero-order chi connectivity index (χ0) is 9.14. The van der Waals surface area contributed by atoms with Crippen molar-refractivity contribution in [1.82, 2.24) is 4.90 Å². The summed E-state index contributed by atoms with van der Waals surface area (Å²) < 4.78 is 5.39. The number of hydrogen-bond acceptors (Lipinski definition) is 3. The molecule has 2 atom stereocenters. The second-order valence-electron chi connectivity index (χ2n) is 2.99. The fourth-order valence-corrected chi connectivity index (χ4v) is 1.33. The van der Waals surface area contributed by atoms with Crippen molar-refractivity contribution in [3.63, 3.8) is 0 Å². The highest BCUT2D eigenvalue weighted by Gasteiger charge is 2.26. The lowest BCUT2D eigenvalue weighted by Crippen LogP contribution is -2.50. The molecule has 5 nitrogen and oxygen atoms in total. The highest BCUT2D eigenvalue weighted by molar-refractivity contribution is 5.65. The molecule has 1 heterocycles. The number of amides is 1. The van der Waals surface area contributed by atoms with Crippen molar-refractivity contribution in [1.29, 1.82) is 0 Å². The van der Waals surface area contributed by atoms with Crippen LogP contribution < -0.4 is 5.73 Å². The van der Waals surface area contributed by atoms with Crippen molar-refractivity contribution in [3.8, 4) is 0 Å². The van der Waals surface area contributed by atoms with E-state index in [4.69, 9.17) is 15.6 Å². The van der Waals surface area contributed by atoms with Gasteiger partial charge in [0.25, 0.3) is 0 Å². The largest absolute Gasteiger partial charge is 0.465 e. The van der Waals surface area contributed by atoms with Crippen LogP contribution in [0.3, 0.4) is 0 Å².